The van der Waals surface area contributed by atoms with E-state index in [-0.39, 0.29) is 16.7 Å². The lowest BCUT2D eigenvalue weighted by molar-refractivity contribution is -0.120. The number of rotatable bonds is 10. The monoisotopic (exact) mass is 450 g/mol. The number of carbonyl (C=O) groups is 1. The molecule has 0 fully saturated rings. The third-order valence-electron chi connectivity index (χ3n) is 5.30. The number of amides is 1. The molecule has 1 N–H and O–H groups in total. The van der Waals surface area contributed by atoms with Crippen LogP contribution in [0.4, 0.5) is 0 Å². The highest BCUT2D eigenvalue weighted by Gasteiger charge is 2.23. The van der Waals surface area contributed by atoms with Crippen molar-refractivity contribution in [2.24, 2.45) is 7.05 Å². The van der Waals surface area contributed by atoms with Crippen molar-refractivity contribution in [3.8, 4) is 0 Å². The average Bonchev–Trinajstić information content (AvgIpc) is 2.82. The van der Waals surface area contributed by atoms with Crippen LogP contribution >= 0.6 is 11.8 Å². The third kappa shape index (κ3) is 6.29. The molecule has 32 heavy (non-hydrogen) atoms. The van der Waals surface area contributed by atoms with Gasteiger partial charge in [0, 0.05) is 30.9 Å². The van der Waals surface area contributed by atoms with E-state index in [0.29, 0.717) is 29.4 Å². The van der Waals surface area contributed by atoms with Crippen molar-refractivity contribution in [3.63, 3.8) is 0 Å². The van der Waals surface area contributed by atoms with Crippen LogP contribution in [0, 0.1) is 6.92 Å². The number of thioether (sulfide) groups is 1. The van der Waals surface area contributed by atoms with E-state index in [2.05, 4.69) is 17.2 Å². The van der Waals surface area contributed by atoms with Gasteiger partial charge in [-0.05, 0) is 31.0 Å². The maximum Gasteiger partial charge on any atom is 0.257 e. The van der Waals surface area contributed by atoms with E-state index >= 15 is 0 Å². The van der Waals surface area contributed by atoms with Gasteiger partial charge in [-0.15, -0.1) is 0 Å². The fourth-order valence-corrected chi connectivity index (χ4v) is 4.55. The van der Waals surface area contributed by atoms with E-state index in [1.165, 1.54) is 11.8 Å². The Morgan fingerprint density at radius 3 is 2.59 bits per heavy atom. The number of aryl methyl sites for hydroxylation is 1. The van der Waals surface area contributed by atoms with E-state index < -0.39 is 0 Å². The second kappa shape index (κ2) is 11.6. The molecular weight excluding hydrogens is 420 g/mol. The first-order valence-electron chi connectivity index (χ1n) is 10.9. The van der Waals surface area contributed by atoms with E-state index in [1.54, 1.807) is 17.8 Å². The normalized spacial score (nSPS) is 11.8. The van der Waals surface area contributed by atoms with Crippen LogP contribution in [0.3, 0.4) is 0 Å². The second-order valence-corrected chi connectivity index (χ2v) is 8.94. The molecule has 0 aliphatic rings. The van der Waals surface area contributed by atoms with Crippen LogP contribution in [0.5, 0.6) is 0 Å². The van der Waals surface area contributed by atoms with Gasteiger partial charge >= 0.3 is 0 Å². The number of benzene rings is 1. The Morgan fingerprint density at radius 2 is 1.91 bits per heavy atom. The molecule has 168 valence electrons. The topological polar surface area (TPSA) is 76.9 Å². The molecule has 0 saturated carbocycles. The van der Waals surface area contributed by atoms with Gasteiger partial charge in [-0.3, -0.25) is 19.1 Å². The summed E-state index contributed by atoms with van der Waals surface area (Å²) >= 11 is 1.36. The summed E-state index contributed by atoms with van der Waals surface area (Å²) in [5.41, 5.74) is 3.22. The molecule has 0 aliphatic heterocycles. The third-order valence-corrected chi connectivity index (χ3v) is 6.61. The number of carbonyl (C=O) groups excluding carboxylic acids is 1. The Hall–Kier alpha value is -2.93. The van der Waals surface area contributed by atoms with Crippen LogP contribution in [0.2, 0.25) is 0 Å². The molecule has 1 amide bonds. The first-order chi connectivity index (χ1) is 15.5. The molecule has 3 rings (SSSR count). The van der Waals surface area contributed by atoms with Gasteiger partial charge in [0.05, 0.1) is 17.5 Å². The molecule has 6 nitrogen and oxygen atoms in total. The number of nitrogens with zero attached hydrogens (tertiary/aromatic N) is 3. The summed E-state index contributed by atoms with van der Waals surface area (Å²) in [7, 11) is 1.73. The molecular formula is C25H30N4O2S. The lowest BCUT2D eigenvalue weighted by Gasteiger charge is -2.18. The quantitative estimate of drug-likeness (QED) is 0.373. The number of pyridine rings is 1. The van der Waals surface area contributed by atoms with Gasteiger partial charge in [-0.2, -0.15) is 0 Å². The number of unbranched alkanes of at least 4 members (excludes halogenated alkanes) is 1. The summed E-state index contributed by atoms with van der Waals surface area (Å²) in [5.74, 6) is -0.0608. The zero-order valence-corrected chi connectivity index (χ0v) is 19.7. The van der Waals surface area contributed by atoms with E-state index in [9.17, 15) is 9.59 Å². The highest BCUT2D eigenvalue weighted by Crippen LogP contribution is 2.25. The summed E-state index contributed by atoms with van der Waals surface area (Å²) in [6.07, 6.45) is 4.89. The van der Waals surface area contributed by atoms with Crippen molar-refractivity contribution in [2.45, 2.75) is 56.5 Å². The van der Waals surface area contributed by atoms with Gasteiger partial charge in [0.15, 0.2) is 5.16 Å². The van der Waals surface area contributed by atoms with Crippen molar-refractivity contribution < 1.29 is 4.79 Å². The number of hydrogen-bond donors (Lipinski definition) is 1. The molecule has 1 aromatic carbocycles. The lowest BCUT2D eigenvalue weighted by Crippen LogP contribution is -2.34. The van der Waals surface area contributed by atoms with Gasteiger partial charge in [-0.1, -0.05) is 67.9 Å². The zero-order chi connectivity index (χ0) is 22.9. The molecule has 1 atom stereocenters. The Morgan fingerprint density at radius 1 is 1.16 bits per heavy atom. The summed E-state index contributed by atoms with van der Waals surface area (Å²) in [4.78, 5) is 35.0. The highest BCUT2D eigenvalue weighted by atomic mass is 32.2. The molecule has 0 saturated heterocycles. The summed E-state index contributed by atoms with van der Waals surface area (Å²) in [6, 6.07) is 15.5. The lowest BCUT2D eigenvalue weighted by atomic mass is 10.1. The predicted octanol–water partition coefficient (Wildman–Crippen LogP) is 4.04. The molecule has 1 unspecified atom stereocenters. The minimum absolute atomic E-state index is 0.0608. The van der Waals surface area contributed by atoms with Crippen molar-refractivity contribution in [1.29, 1.82) is 0 Å². The van der Waals surface area contributed by atoms with Gasteiger partial charge < -0.3 is 5.32 Å². The molecule has 2 aromatic heterocycles. The SMILES string of the molecule is CCCCC(Sc1nc(C)c(Cc2ccccc2)c(=O)n1C)C(=O)NCc1ccccn1. The van der Waals surface area contributed by atoms with Gasteiger partial charge in [0.2, 0.25) is 5.91 Å². The maximum atomic E-state index is 13.1. The smallest absolute Gasteiger partial charge is 0.257 e. The number of aromatic nitrogens is 3. The van der Waals surface area contributed by atoms with E-state index in [0.717, 1.165) is 30.5 Å². The molecule has 2 heterocycles. The first-order valence-corrected chi connectivity index (χ1v) is 11.8. The Balaban J connectivity index is 1.77. The predicted molar refractivity (Wildman–Crippen MR) is 129 cm³/mol. The van der Waals surface area contributed by atoms with Crippen LogP contribution in [-0.4, -0.2) is 25.7 Å². The summed E-state index contributed by atoms with van der Waals surface area (Å²) in [5, 5.41) is 3.23. The Kier molecular flexibility index (Phi) is 8.62. The summed E-state index contributed by atoms with van der Waals surface area (Å²) < 4.78 is 1.57. The van der Waals surface area contributed by atoms with Crippen molar-refractivity contribution in [3.05, 3.63) is 87.6 Å². The largest absolute Gasteiger partial charge is 0.349 e. The standard InChI is InChI=1S/C25H30N4O2S/c1-4-5-14-22(23(30)27-17-20-13-9-10-15-26-20)32-25-28-18(2)21(24(31)29(25)3)16-19-11-7-6-8-12-19/h6-13,15,22H,4-5,14,16-17H2,1-3H3,(H,27,30). The van der Waals surface area contributed by atoms with Crippen LogP contribution in [-0.2, 0) is 24.8 Å². The Bertz CT molecular complexity index is 1080. The number of nitrogens with one attached hydrogen (secondary N) is 1. The molecule has 0 bridgehead atoms. The van der Waals surface area contributed by atoms with Crippen LogP contribution < -0.4 is 10.9 Å². The van der Waals surface area contributed by atoms with Crippen LogP contribution in [0.25, 0.3) is 0 Å². The van der Waals surface area contributed by atoms with Gasteiger partial charge in [0.1, 0.15) is 0 Å². The van der Waals surface area contributed by atoms with Crippen molar-refractivity contribution in [1.82, 2.24) is 19.9 Å². The number of hydrogen-bond acceptors (Lipinski definition) is 5. The van der Waals surface area contributed by atoms with E-state index in [4.69, 9.17) is 4.98 Å². The first kappa shape index (κ1) is 23.7. The fourth-order valence-electron chi connectivity index (χ4n) is 3.39. The van der Waals surface area contributed by atoms with Crippen LogP contribution in [0.1, 0.15) is 48.7 Å². The maximum absolute atomic E-state index is 13.1. The highest BCUT2D eigenvalue weighted by molar-refractivity contribution is 8.00. The molecule has 0 aliphatic carbocycles. The fraction of sp³-hybridized carbons (Fsp3) is 0.360. The van der Waals surface area contributed by atoms with Crippen molar-refractivity contribution >= 4 is 17.7 Å². The summed E-state index contributed by atoms with van der Waals surface area (Å²) in [6.45, 7) is 4.35. The zero-order valence-electron chi connectivity index (χ0n) is 18.9. The van der Waals surface area contributed by atoms with Crippen LogP contribution in [0.15, 0.2) is 64.7 Å². The van der Waals surface area contributed by atoms with Gasteiger partial charge in [-0.25, -0.2) is 4.98 Å². The molecule has 0 spiro atoms. The van der Waals surface area contributed by atoms with E-state index in [1.807, 2.05) is 55.5 Å². The minimum Gasteiger partial charge on any atom is -0.349 e. The minimum atomic E-state index is -0.323. The second-order valence-electron chi connectivity index (χ2n) is 7.77. The Labute approximate surface area is 193 Å². The van der Waals surface area contributed by atoms with Gasteiger partial charge in [0.25, 0.3) is 5.56 Å². The molecule has 7 heteroatoms. The molecule has 0 radical (unpaired) electrons. The average molecular weight is 451 g/mol. The molecule has 3 aromatic rings. The van der Waals surface area contributed by atoms with Crippen molar-refractivity contribution in [2.75, 3.05) is 0 Å².